The van der Waals surface area contributed by atoms with E-state index >= 15 is 0 Å². The quantitative estimate of drug-likeness (QED) is 0.801. The van der Waals surface area contributed by atoms with E-state index in [9.17, 15) is 0 Å². The Labute approximate surface area is 106 Å². The highest BCUT2D eigenvalue weighted by atomic mass is 79.9. The van der Waals surface area contributed by atoms with Crippen molar-refractivity contribution in [1.29, 1.82) is 0 Å². The minimum atomic E-state index is 0.953. The Kier molecular flexibility index (Phi) is 3.94. The van der Waals surface area contributed by atoms with Gasteiger partial charge in [-0.1, -0.05) is 0 Å². The highest BCUT2D eigenvalue weighted by Crippen LogP contribution is 2.26. The highest BCUT2D eigenvalue weighted by molar-refractivity contribution is 9.10. The molecule has 0 unspecified atom stereocenters. The van der Waals surface area contributed by atoms with Crippen LogP contribution in [0, 0.1) is 6.92 Å². The molecule has 0 aliphatic heterocycles. The van der Waals surface area contributed by atoms with E-state index in [4.69, 9.17) is 4.42 Å². The fourth-order valence-corrected chi connectivity index (χ4v) is 3.85. The molecule has 0 N–H and O–H groups in total. The number of rotatable bonds is 4. The van der Waals surface area contributed by atoms with Gasteiger partial charge in [0, 0.05) is 20.5 Å². The van der Waals surface area contributed by atoms with E-state index in [2.05, 4.69) is 34.3 Å². The maximum Gasteiger partial charge on any atom is 0.116 e. The van der Waals surface area contributed by atoms with Gasteiger partial charge >= 0.3 is 0 Å². The number of thiophene rings is 1. The summed E-state index contributed by atoms with van der Waals surface area (Å²) in [4.78, 5) is 1.40. The van der Waals surface area contributed by atoms with Crippen LogP contribution in [0.1, 0.15) is 16.2 Å². The lowest BCUT2D eigenvalue weighted by molar-refractivity contribution is 0.528. The maximum atomic E-state index is 5.38. The van der Waals surface area contributed by atoms with E-state index in [0.717, 1.165) is 17.3 Å². The van der Waals surface area contributed by atoms with Crippen LogP contribution in [0.15, 0.2) is 32.7 Å². The van der Waals surface area contributed by atoms with Crippen molar-refractivity contribution in [2.24, 2.45) is 0 Å². The van der Waals surface area contributed by atoms with Crippen LogP contribution in [-0.4, -0.2) is 0 Å². The lowest BCUT2D eigenvalue weighted by atomic mass is 10.3. The lowest BCUT2D eigenvalue weighted by Gasteiger charge is -1.97. The molecule has 15 heavy (non-hydrogen) atoms. The molecule has 0 spiro atoms. The molecule has 2 rings (SSSR count). The minimum Gasteiger partial charge on any atom is -0.468 e. The number of hydrogen-bond donors (Lipinski definition) is 0. The zero-order chi connectivity index (χ0) is 10.7. The van der Waals surface area contributed by atoms with Crippen molar-refractivity contribution in [3.63, 3.8) is 0 Å². The average Bonchev–Trinajstić information content (AvgIpc) is 2.77. The third kappa shape index (κ3) is 3.13. The van der Waals surface area contributed by atoms with E-state index in [0.29, 0.717) is 0 Å². The zero-order valence-corrected chi connectivity index (χ0v) is 11.5. The summed E-state index contributed by atoms with van der Waals surface area (Å²) >= 11 is 7.14. The van der Waals surface area contributed by atoms with Crippen LogP contribution < -0.4 is 0 Å². The molecule has 0 aliphatic carbocycles. The maximum absolute atomic E-state index is 5.38. The molecule has 2 aromatic heterocycles. The summed E-state index contributed by atoms with van der Waals surface area (Å²) in [7, 11) is 0. The lowest BCUT2D eigenvalue weighted by Crippen LogP contribution is -1.80. The molecule has 0 amide bonds. The second-order valence-electron chi connectivity index (χ2n) is 3.25. The predicted molar refractivity (Wildman–Crippen MR) is 70.5 cm³/mol. The first-order valence-corrected chi connectivity index (χ1v) is 7.42. The molecule has 1 nitrogen and oxygen atoms in total. The normalized spacial score (nSPS) is 10.8. The van der Waals surface area contributed by atoms with Crippen molar-refractivity contribution in [3.8, 4) is 0 Å². The molecule has 2 aromatic rings. The van der Waals surface area contributed by atoms with E-state index in [-0.39, 0.29) is 0 Å². The minimum absolute atomic E-state index is 0.953. The molecule has 2 heterocycles. The first-order chi connectivity index (χ1) is 7.25. The van der Waals surface area contributed by atoms with Crippen LogP contribution >= 0.6 is 39.0 Å². The molecule has 0 bridgehead atoms. The van der Waals surface area contributed by atoms with Crippen molar-refractivity contribution in [2.75, 3.05) is 0 Å². The molecule has 0 atom stereocenters. The highest BCUT2D eigenvalue weighted by Gasteiger charge is 2.03. The summed E-state index contributed by atoms with van der Waals surface area (Å²) < 4.78 is 6.56. The number of hydrogen-bond acceptors (Lipinski definition) is 3. The van der Waals surface area contributed by atoms with Gasteiger partial charge in [0.25, 0.3) is 0 Å². The van der Waals surface area contributed by atoms with Crippen molar-refractivity contribution in [2.45, 2.75) is 18.4 Å². The molecule has 0 aliphatic rings. The molecular weight excluding hydrogens is 292 g/mol. The summed E-state index contributed by atoms with van der Waals surface area (Å²) in [5, 5.41) is 2.12. The van der Waals surface area contributed by atoms with Gasteiger partial charge in [-0.3, -0.25) is 0 Å². The van der Waals surface area contributed by atoms with Crippen molar-refractivity contribution in [3.05, 3.63) is 44.4 Å². The summed E-state index contributed by atoms with van der Waals surface area (Å²) in [6.45, 7) is 2.08. The van der Waals surface area contributed by atoms with Gasteiger partial charge in [0.05, 0.1) is 12.0 Å². The van der Waals surface area contributed by atoms with Crippen LogP contribution in [0.25, 0.3) is 0 Å². The Hall–Kier alpha value is -0.190. The molecule has 0 saturated carbocycles. The fraction of sp³-hybridized carbons (Fsp3) is 0.273. The van der Waals surface area contributed by atoms with Crippen LogP contribution in [0.2, 0.25) is 0 Å². The van der Waals surface area contributed by atoms with Gasteiger partial charge in [0.2, 0.25) is 0 Å². The van der Waals surface area contributed by atoms with Crippen molar-refractivity contribution < 1.29 is 4.42 Å². The number of furan rings is 1. The Balaban J connectivity index is 1.83. The summed E-state index contributed by atoms with van der Waals surface area (Å²) in [6.07, 6.45) is 1.76. The van der Waals surface area contributed by atoms with Gasteiger partial charge in [-0.2, -0.15) is 0 Å². The number of aryl methyl sites for hydroxylation is 1. The SMILES string of the molecule is Cc1ccoc1CSCc1cc(Br)cs1. The van der Waals surface area contributed by atoms with E-state index in [1.165, 1.54) is 14.9 Å². The molecule has 80 valence electrons. The third-order valence-corrected chi connectivity index (χ3v) is 4.93. The summed E-state index contributed by atoms with van der Waals surface area (Å²) in [5.74, 6) is 3.10. The number of halogens is 1. The van der Waals surface area contributed by atoms with Crippen molar-refractivity contribution in [1.82, 2.24) is 0 Å². The smallest absolute Gasteiger partial charge is 0.116 e. The van der Waals surface area contributed by atoms with Gasteiger partial charge in [-0.25, -0.2) is 0 Å². The molecule has 0 radical (unpaired) electrons. The van der Waals surface area contributed by atoms with Crippen LogP contribution in [0.3, 0.4) is 0 Å². The van der Waals surface area contributed by atoms with Gasteiger partial charge in [0.15, 0.2) is 0 Å². The third-order valence-electron chi connectivity index (χ3n) is 2.07. The molecule has 0 fully saturated rings. The Morgan fingerprint density at radius 2 is 2.33 bits per heavy atom. The molecular formula is C11H11BrOS2. The zero-order valence-electron chi connectivity index (χ0n) is 8.33. The summed E-state index contributed by atoms with van der Waals surface area (Å²) in [6, 6.07) is 4.18. The number of thioether (sulfide) groups is 1. The molecule has 0 aromatic carbocycles. The van der Waals surface area contributed by atoms with Gasteiger partial charge < -0.3 is 4.42 Å². The van der Waals surface area contributed by atoms with E-state index in [1.807, 2.05) is 17.8 Å². The van der Waals surface area contributed by atoms with Gasteiger partial charge in [-0.05, 0) is 40.5 Å². The topological polar surface area (TPSA) is 13.1 Å². The standard InChI is InChI=1S/C11H11BrOS2/c1-8-2-3-13-11(8)7-14-6-10-4-9(12)5-15-10/h2-5H,6-7H2,1H3. The largest absolute Gasteiger partial charge is 0.468 e. The van der Waals surface area contributed by atoms with Gasteiger partial charge in [-0.15, -0.1) is 23.1 Å². The first kappa shape index (κ1) is 11.3. The van der Waals surface area contributed by atoms with E-state index in [1.54, 1.807) is 17.6 Å². The van der Waals surface area contributed by atoms with E-state index < -0.39 is 0 Å². The second kappa shape index (κ2) is 5.23. The van der Waals surface area contributed by atoms with Crippen LogP contribution in [-0.2, 0) is 11.5 Å². The first-order valence-electron chi connectivity index (χ1n) is 4.59. The van der Waals surface area contributed by atoms with Crippen LogP contribution in [0.5, 0.6) is 0 Å². The average molecular weight is 303 g/mol. The monoisotopic (exact) mass is 302 g/mol. The fourth-order valence-electron chi connectivity index (χ4n) is 1.23. The van der Waals surface area contributed by atoms with Crippen molar-refractivity contribution >= 4 is 39.0 Å². The molecule has 0 saturated heterocycles. The van der Waals surface area contributed by atoms with Gasteiger partial charge in [0.1, 0.15) is 5.76 Å². The Morgan fingerprint density at radius 1 is 1.47 bits per heavy atom. The van der Waals surface area contributed by atoms with Crippen LogP contribution in [0.4, 0.5) is 0 Å². The predicted octanol–water partition coefficient (Wildman–Crippen LogP) is 4.85. The Bertz CT molecular complexity index is 433. The second-order valence-corrected chi connectivity index (χ2v) is 6.15. The molecule has 4 heteroatoms. The summed E-state index contributed by atoms with van der Waals surface area (Å²) in [5.41, 5.74) is 1.25. The Morgan fingerprint density at radius 3 is 2.93 bits per heavy atom.